The van der Waals surface area contributed by atoms with Crippen LogP contribution in [0.3, 0.4) is 0 Å². The summed E-state index contributed by atoms with van der Waals surface area (Å²) in [5.74, 6) is 0. The number of nitrogens with zero attached hydrogens (tertiary/aromatic N) is 1. The highest BCUT2D eigenvalue weighted by Crippen LogP contribution is 1.91. The first-order chi connectivity index (χ1) is 4.74. The third-order valence-electron chi connectivity index (χ3n) is 1.61. The second kappa shape index (κ2) is 5.45. The van der Waals surface area contributed by atoms with Crippen molar-refractivity contribution in [1.82, 2.24) is 4.90 Å². The van der Waals surface area contributed by atoms with Crippen molar-refractivity contribution >= 4 is 0 Å². The normalized spacial score (nSPS) is 13.6. The zero-order valence-electron chi connectivity index (χ0n) is 6.88. The average Bonchev–Trinajstić information content (AvgIpc) is 1.99. The average molecular weight is 143 g/mol. The van der Waals surface area contributed by atoms with Crippen LogP contribution in [0.1, 0.15) is 13.8 Å². The fourth-order valence-corrected chi connectivity index (χ4v) is 0.821. The Morgan fingerprint density at radius 3 is 2.30 bits per heavy atom. The lowest BCUT2D eigenvalue weighted by atomic mass is 10.3. The highest BCUT2D eigenvalue weighted by molar-refractivity contribution is 4.80. The molecular weight excluding hydrogens is 126 g/mol. The van der Waals surface area contributed by atoms with Crippen LogP contribution in [0.5, 0.6) is 0 Å². The van der Waals surface area contributed by atoms with Crippen LogP contribution in [0, 0.1) is 0 Å². The van der Waals surface area contributed by atoms with Gasteiger partial charge in [0.2, 0.25) is 0 Å². The molecule has 0 aromatic carbocycles. The van der Waals surface area contributed by atoms with Crippen molar-refractivity contribution in [2.45, 2.75) is 20.0 Å². The molecule has 0 aromatic rings. The van der Waals surface area contributed by atoms with Gasteiger partial charge >= 0.3 is 0 Å². The first-order valence-electron chi connectivity index (χ1n) is 3.77. The summed E-state index contributed by atoms with van der Waals surface area (Å²) in [6.45, 7) is 10.4. The van der Waals surface area contributed by atoms with Gasteiger partial charge in [-0.1, -0.05) is 19.9 Å². The summed E-state index contributed by atoms with van der Waals surface area (Å²) in [5, 5.41) is 9.13. The monoisotopic (exact) mass is 143 g/mol. The van der Waals surface area contributed by atoms with E-state index >= 15 is 0 Å². The van der Waals surface area contributed by atoms with Crippen LogP contribution in [0.15, 0.2) is 12.7 Å². The Bertz CT molecular complexity index is 89.3. The summed E-state index contributed by atoms with van der Waals surface area (Å²) >= 11 is 0. The molecule has 0 spiro atoms. The molecule has 0 aliphatic carbocycles. The lowest BCUT2D eigenvalue weighted by molar-refractivity contribution is 0.155. The van der Waals surface area contributed by atoms with E-state index in [0.29, 0.717) is 6.54 Å². The van der Waals surface area contributed by atoms with Gasteiger partial charge in [0.1, 0.15) is 0 Å². The third kappa shape index (κ3) is 3.64. The van der Waals surface area contributed by atoms with Gasteiger partial charge in [-0.2, -0.15) is 0 Å². The Balaban J connectivity index is 3.51. The molecule has 10 heavy (non-hydrogen) atoms. The molecule has 0 heterocycles. The van der Waals surface area contributed by atoms with Crippen molar-refractivity contribution in [3.8, 4) is 0 Å². The molecule has 0 unspecified atom stereocenters. The molecule has 0 aliphatic heterocycles. The van der Waals surface area contributed by atoms with Gasteiger partial charge in [-0.3, -0.25) is 0 Å². The maximum Gasteiger partial charge on any atom is 0.0845 e. The molecule has 0 radical (unpaired) electrons. The molecule has 0 fully saturated rings. The topological polar surface area (TPSA) is 23.5 Å². The highest BCUT2D eigenvalue weighted by atomic mass is 16.3. The second-order valence-electron chi connectivity index (χ2n) is 2.29. The smallest absolute Gasteiger partial charge is 0.0845 e. The SMILES string of the molecule is C=C[C@@H](O)CN(CC)CC. The molecule has 1 N–H and O–H groups in total. The first kappa shape index (κ1) is 9.66. The molecule has 0 aliphatic rings. The van der Waals surface area contributed by atoms with E-state index in [2.05, 4.69) is 25.3 Å². The van der Waals surface area contributed by atoms with E-state index in [0.717, 1.165) is 13.1 Å². The van der Waals surface area contributed by atoms with Crippen LogP contribution in [0.4, 0.5) is 0 Å². The van der Waals surface area contributed by atoms with E-state index in [1.807, 2.05) is 0 Å². The summed E-state index contributed by atoms with van der Waals surface area (Å²) < 4.78 is 0. The molecule has 0 rings (SSSR count). The van der Waals surface area contributed by atoms with E-state index in [1.165, 1.54) is 0 Å². The van der Waals surface area contributed by atoms with Gasteiger partial charge in [0.25, 0.3) is 0 Å². The molecule has 0 bridgehead atoms. The lowest BCUT2D eigenvalue weighted by Gasteiger charge is -2.19. The Kier molecular flexibility index (Phi) is 5.26. The van der Waals surface area contributed by atoms with E-state index in [4.69, 9.17) is 5.11 Å². The molecule has 0 aromatic heterocycles. The molecule has 2 nitrogen and oxygen atoms in total. The van der Waals surface area contributed by atoms with Crippen LogP contribution in [-0.2, 0) is 0 Å². The van der Waals surface area contributed by atoms with Crippen LogP contribution < -0.4 is 0 Å². The van der Waals surface area contributed by atoms with Crippen molar-refractivity contribution in [1.29, 1.82) is 0 Å². The Morgan fingerprint density at radius 1 is 1.50 bits per heavy atom. The summed E-state index contributed by atoms with van der Waals surface area (Å²) in [7, 11) is 0. The molecule has 1 atom stereocenters. The van der Waals surface area contributed by atoms with Crippen molar-refractivity contribution in [3.05, 3.63) is 12.7 Å². The fourth-order valence-electron chi connectivity index (χ4n) is 0.821. The van der Waals surface area contributed by atoms with Gasteiger partial charge in [0.05, 0.1) is 6.10 Å². The molecule has 60 valence electrons. The number of hydrogen-bond acceptors (Lipinski definition) is 2. The standard InChI is InChI=1S/C8H17NO/c1-4-8(10)7-9(5-2)6-3/h4,8,10H,1,5-7H2,2-3H3/t8-/m1/s1. The zero-order chi connectivity index (χ0) is 7.98. The first-order valence-corrected chi connectivity index (χ1v) is 3.77. The Hall–Kier alpha value is -0.340. The van der Waals surface area contributed by atoms with Crippen molar-refractivity contribution < 1.29 is 5.11 Å². The van der Waals surface area contributed by atoms with E-state index in [9.17, 15) is 0 Å². The van der Waals surface area contributed by atoms with Gasteiger partial charge in [0, 0.05) is 6.54 Å². The minimum absolute atomic E-state index is 0.375. The predicted octanol–water partition coefficient (Wildman–Crippen LogP) is 0.875. The molecule has 2 heteroatoms. The van der Waals surface area contributed by atoms with E-state index in [-0.39, 0.29) is 6.10 Å². The van der Waals surface area contributed by atoms with Crippen molar-refractivity contribution in [2.75, 3.05) is 19.6 Å². The third-order valence-corrected chi connectivity index (χ3v) is 1.61. The van der Waals surface area contributed by atoms with Gasteiger partial charge in [0.15, 0.2) is 0 Å². The zero-order valence-corrected chi connectivity index (χ0v) is 6.88. The van der Waals surface area contributed by atoms with Crippen LogP contribution >= 0.6 is 0 Å². The largest absolute Gasteiger partial charge is 0.388 e. The lowest BCUT2D eigenvalue weighted by Crippen LogP contribution is -2.30. The maximum absolute atomic E-state index is 9.13. The molecule has 0 saturated heterocycles. The Morgan fingerprint density at radius 2 is 2.00 bits per heavy atom. The second-order valence-corrected chi connectivity index (χ2v) is 2.29. The summed E-state index contributed by atoms with van der Waals surface area (Å²) in [6.07, 6.45) is 1.19. The minimum Gasteiger partial charge on any atom is -0.388 e. The maximum atomic E-state index is 9.13. The quantitative estimate of drug-likeness (QED) is 0.577. The van der Waals surface area contributed by atoms with Crippen LogP contribution in [-0.4, -0.2) is 35.7 Å². The van der Waals surface area contributed by atoms with Crippen molar-refractivity contribution in [2.24, 2.45) is 0 Å². The van der Waals surface area contributed by atoms with Gasteiger partial charge < -0.3 is 10.0 Å². The van der Waals surface area contributed by atoms with Crippen LogP contribution in [0.25, 0.3) is 0 Å². The van der Waals surface area contributed by atoms with Crippen LogP contribution in [0.2, 0.25) is 0 Å². The summed E-state index contributed by atoms with van der Waals surface area (Å²) in [4.78, 5) is 2.16. The summed E-state index contributed by atoms with van der Waals surface area (Å²) in [5.41, 5.74) is 0. The van der Waals surface area contributed by atoms with Gasteiger partial charge in [-0.15, -0.1) is 6.58 Å². The number of aliphatic hydroxyl groups is 1. The minimum atomic E-state index is -0.375. The van der Waals surface area contributed by atoms with E-state index in [1.54, 1.807) is 6.08 Å². The highest BCUT2D eigenvalue weighted by Gasteiger charge is 2.03. The number of rotatable bonds is 5. The molecular formula is C8H17NO. The van der Waals surface area contributed by atoms with Crippen molar-refractivity contribution in [3.63, 3.8) is 0 Å². The Labute approximate surface area is 63.2 Å². The molecule has 0 amide bonds. The van der Waals surface area contributed by atoms with E-state index < -0.39 is 0 Å². The van der Waals surface area contributed by atoms with Gasteiger partial charge in [-0.05, 0) is 13.1 Å². The predicted molar refractivity (Wildman–Crippen MR) is 44.0 cm³/mol. The van der Waals surface area contributed by atoms with Gasteiger partial charge in [-0.25, -0.2) is 0 Å². The summed E-state index contributed by atoms with van der Waals surface area (Å²) in [6, 6.07) is 0. The number of hydrogen-bond donors (Lipinski definition) is 1. The number of aliphatic hydroxyl groups excluding tert-OH is 1. The fraction of sp³-hybridized carbons (Fsp3) is 0.750. The molecule has 0 saturated carbocycles. The number of likely N-dealkylation sites (N-methyl/N-ethyl adjacent to an activating group) is 1.